The van der Waals surface area contributed by atoms with Crippen molar-refractivity contribution >= 4 is 0 Å². The maximum absolute atomic E-state index is 3.62. The molecule has 1 aliphatic carbocycles. The van der Waals surface area contributed by atoms with Crippen molar-refractivity contribution in [2.75, 3.05) is 27.2 Å². The van der Waals surface area contributed by atoms with Crippen molar-refractivity contribution in [2.24, 2.45) is 5.92 Å². The lowest BCUT2D eigenvalue weighted by Gasteiger charge is -2.21. The van der Waals surface area contributed by atoms with E-state index in [1.54, 1.807) is 0 Å². The molecule has 1 aliphatic rings. The van der Waals surface area contributed by atoms with Crippen LogP contribution in [0.15, 0.2) is 0 Å². The summed E-state index contributed by atoms with van der Waals surface area (Å²) in [4.78, 5) is 2.28. The van der Waals surface area contributed by atoms with E-state index in [1.165, 1.54) is 32.4 Å². The van der Waals surface area contributed by atoms with E-state index in [0.29, 0.717) is 0 Å². The molecule has 0 aliphatic heterocycles. The number of rotatable bonds is 6. The molecule has 1 fully saturated rings. The lowest BCUT2D eigenvalue weighted by Crippen LogP contribution is -2.40. The predicted octanol–water partition coefficient (Wildman–Crippen LogP) is 1.33. The molecule has 2 heteroatoms. The molecule has 1 N–H and O–H groups in total. The Labute approximate surface area is 76.3 Å². The number of hydrogen-bond acceptors (Lipinski definition) is 2. The molecule has 0 heterocycles. The Morgan fingerprint density at radius 2 is 2.08 bits per heavy atom. The minimum atomic E-state index is 0.750. The van der Waals surface area contributed by atoms with Crippen LogP contribution in [0, 0.1) is 5.92 Å². The Hall–Kier alpha value is -0.0800. The number of nitrogens with one attached hydrogen (secondary N) is 1. The van der Waals surface area contributed by atoms with Crippen LogP contribution in [0.4, 0.5) is 0 Å². The first kappa shape index (κ1) is 10.0. The van der Waals surface area contributed by atoms with Gasteiger partial charge in [-0.25, -0.2) is 0 Å². The lowest BCUT2D eigenvalue weighted by molar-refractivity contribution is 0.317. The summed E-state index contributed by atoms with van der Waals surface area (Å²) in [5.41, 5.74) is 0. The summed E-state index contributed by atoms with van der Waals surface area (Å²) in [6.07, 6.45) is 4.13. The van der Waals surface area contributed by atoms with Crippen LogP contribution in [0.5, 0.6) is 0 Å². The monoisotopic (exact) mass is 170 g/mol. The Bertz CT molecular complexity index is 119. The fraction of sp³-hybridized carbons (Fsp3) is 1.00. The summed E-state index contributed by atoms with van der Waals surface area (Å²) in [6, 6.07) is 0.750. The largest absolute Gasteiger partial charge is 0.312 e. The van der Waals surface area contributed by atoms with Crippen LogP contribution < -0.4 is 5.32 Å². The van der Waals surface area contributed by atoms with Crippen molar-refractivity contribution in [3.63, 3.8) is 0 Å². The predicted molar refractivity (Wildman–Crippen MR) is 53.4 cm³/mol. The van der Waals surface area contributed by atoms with E-state index in [2.05, 4.69) is 31.2 Å². The minimum absolute atomic E-state index is 0.750. The Morgan fingerprint density at radius 3 is 2.50 bits per heavy atom. The van der Waals surface area contributed by atoms with Crippen LogP contribution in [0.2, 0.25) is 0 Å². The van der Waals surface area contributed by atoms with Crippen LogP contribution in [-0.4, -0.2) is 38.1 Å². The topological polar surface area (TPSA) is 15.3 Å². The Morgan fingerprint density at radius 1 is 1.42 bits per heavy atom. The first-order valence-corrected chi connectivity index (χ1v) is 5.12. The van der Waals surface area contributed by atoms with Gasteiger partial charge in [-0.15, -0.1) is 0 Å². The number of hydrogen-bond donors (Lipinski definition) is 1. The first-order valence-electron chi connectivity index (χ1n) is 5.12. The van der Waals surface area contributed by atoms with E-state index in [9.17, 15) is 0 Å². The molecule has 72 valence electrons. The van der Waals surface area contributed by atoms with Gasteiger partial charge in [-0.3, -0.25) is 0 Å². The van der Waals surface area contributed by atoms with Gasteiger partial charge in [0.1, 0.15) is 0 Å². The fourth-order valence-corrected chi connectivity index (χ4v) is 1.60. The van der Waals surface area contributed by atoms with Gasteiger partial charge in [0, 0.05) is 12.6 Å². The second kappa shape index (κ2) is 4.83. The molecule has 0 aromatic rings. The van der Waals surface area contributed by atoms with Crippen LogP contribution in [0.3, 0.4) is 0 Å². The van der Waals surface area contributed by atoms with Crippen molar-refractivity contribution in [1.29, 1.82) is 0 Å². The molecule has 12 heavy (non-hydrogen) atoms. The average molecular weight is 170 g/mol. The lowest BCUT2D eigenvalue weighted by atomic mass is 10.1. The van der Waals surface area contributed by atoms with Crippen molar-refractivity contribution in [1.82, 2.24) is 10.2 Å². The van der Waals surface area contributed by atoms with E-state index < -0.39 is 0 Å². The summed E-state index contributed by atoms with van der Waals surface area (Å²) in [6.45, 7) is 4.60. The molecule has 0 spiro atoms. The van der Waals surface area contributed by atoms with Crippen LogP contribution in [0.25, 0.3) is 0 Å². The molecule has 1 saturated carbocycles. The highest BCUT2D eigenvalue weighted by atomic mass is 15.1. The molecule has 0 bridgehead atoms. The van der Waals surface area contributed by atoms with Crippen LogP contribution >= 0.6 is 0 Å². The standard InChI is InChI=1S/C10H22N2/c1-4-7-11-10(8-12(2)3)9-5-6-9/h9-11H,4-8H2,1-3H3. The zero-order valence-electron chi connectivity index (χ0n) is 8.64. The zero-order chi connectivity index (χ0) is 8.97. The summed E-state index contributed by atoms with van der Waals surface area (Å²) in [5, 5.41) is 3.62. The molecular formula is C10H22N2. The summed E-state index contributed by atoms with van der Waals surface area (Å²) in [5.74, 6) is 0.971. The molecule has 2 nitrogen and oxygen atoms in total. The second-order valence-corrected chi connectivity index (χ2v) is 4.16. The van der Waals surface area contributed by atoms with Crippen molar-refractivity contribution in [3.05, 3.63) is 0 Å². The summed E-state index contributed by atoms with van der Waals surface area (Å²) >= 11 is 0. The van der Waals surface area contributed by atoms with Gasteiger partial charge in [0.2, 0.25) is 0 Å². The quantitative estimate of drug-likeness (QED) is 0.647. The van der Waals surface area contributed by atoms with Crippen molar-refractivity contribution in [2.45, 2.75) is 32.2 Å². The Balaban J connectivity index is 2.18. The SMILES string of the molecule is CCCNC(CN(C)C)C1CC1. The molecule has 0 aromatic carbocycles. The highest BCUT2D eigenvalue weighted by molar-refractivity contribution is 4.87. The molecule has 0 saturated heterocycles. The van der Waals surface area contributed by atoms with Crippen molar-refractivity contribution in [3.8, 4) is 0 Å². The molecule has 1 rings (SSSR count). The van der Waals surface area contributed by atoms with E-state index in [0.717, 1.165) is 12.0 Å². The van der Waals surface area contributed by atoms with Crippen LogP contribution in [0.1, 0.15) is 26.2 Å². The Kier molecular flexibility index (Phi) is 4.02. The van der Waals surface area contributed by atoms with Crippen LogP contribution in [-0.2, 0) is 0 Å². The van der Waals surface area contributed by atoms with Crippen molar-refractivity contribution < 1.29 is 0 Å². The molecule has 1 unspecified atom stereocenters. The molecular weight excluding hydrogens is 148 g/mol. The summed E-state index contributed by atoms with van der Waals surface area (Å²) < 4.78 is 0. The highest BCUT2D eigenvalue weighted by Gasteiger charge is 2.30. The van der Waals surface area contributed by atoms with E-state index in [-0.39, 0.29) is 0 Å². The third-order valence-electron chi connectivity index (χ3n) is 2.41. The van der Waals surface area contributed by atoms with Gasteiger partial charge in [0.05, 0.1) is 0 Å². The first-order chi connectivity index (χ1) is 5.74. The van der Waals surface area contributed by atoms with E-state index >= 15 is 0 Å². The van der Waals surface area contributed by atoms with Gasteiger partial charge in [0.25, 0.3) is 0 Å². The van der Waals surface area contributed by atoms with Gasteiger partial charge in [-0.2, -0.15) is 0 Å². The van der Waals surface area contributed by atoms with E-state index in [1.807, 2.05) is 0 Å². The maximum Gasteiger partial charge on any atom is 0.0222 e. The van der Waals surface area contributed by atoms with Gasteiger partial charge in [-0.1, -0.05) is 6.92 Å². The second-order valence-electron chi connectivity index (χ2n) is 4.16. The van der Waals surface area contributed by atoms with Gasteiger partial charge in [-0.05, 0) is 45.8 Å². The normalized spacial score (nSPS) is 20.0. The van der Waals surface area contributed by atoms with Gasteiger partial charge >= 0.3 is 0 Å². The zero-order valence-corrected chi connectivity index (χ0v) is 8.64. The average Bonchev–Trinajstić information content (AvgIpc) is 2.79. The minimum Gasteiger partial charge on any atom is -0.312 e. The maximum atomic E-state index is 3.62. The van der Waals surface area contributed by atoms with E-state index in [4.69, 9.17) is 0 Å². The van der Waals surface area contributed by atoms with Gasteiger partial charge < -0.3 is 10.2 Å². The third-order valence-corrected chi connectivity index (χ3v) is 2.41. The molecule has 0 amide bonds. The fourth-order valence-electron chi connectivity index (χ4n) is 1.60. The smallest absolute Gasteiger partial charge is 0.0222 e. The number of nitrogens with zero attached hydrogens (tertiary/aromatic N) is 1. The molecule has 1 atom stereocenters. The van der Waals surface area contributed by atoms with Gasteiger partial charge in [0.15, 0.2) is 0 Å². The molecule has 0 aromatic heterocycles. The highest BCUT2D eigenvalue weighted by Crippen LogP contribution is 2.32. The third kappa shape index (κ3) is 3.55. The summed E-state index contributed by atoms with van der Waals surface area (Å²) in [7, 11) is 4.31. The number of likely N-dealkylation sites (N-methyl/N-ethyl adjacent to an activating group) is 1. The molecule has 0 radical (unpaired) electrons.